The molecule has 0 bridgehead atoms. The number of benzene rings is 2. The van der Waals surface area contributed by atoms with Crippen molar-refractivity contribution in [3.8, 4) is 16.3 Å². The molecule has 7 heteroatoms. The van der Waals surface area contributed by atoms with Gasteiger partial charge in [-0.3, -0.25) is 0 Å². The highest BCUT2D eigenvalue weighted by atomic mass is 79.9. The van der Waals surface area contributed by atoms with Crippen molar-refractivity contribution in [1.82, 2.24) is 4.57 Å². The lowest BCUT2D eigenvalue weighted by molar-refractivity contribution is -0.654. The number of aromatic nitrogens is 2. The van der Waals surface area contributed by atoms with Gasteiger partial charge in [0, 0.05) is 17.5 Å². The highest BCUT2D eigenvalue weighted by Crippen LogP contribution is 2.41. The molecule has 2 heterocycles. The van der Waals surface area contributed by atoms with Gasteiger partial charge in [0.2, 0.25) is 5.06 Å². The highest BCUT2D eigenvalue weighted by molar-refractivity contribution is 7.16. The van der Waals surface area contributed by atoms with Crippen LogP contribution >= 0.6 is 11.3 Å². The van der Waals surface area contributed by atoms with Crippen LogP contribution in [0.3, 0.4) is 0 Å². The minimum Gasteiger partial charge on any atom is -1.00 e. The minimum atomic E-state index is 0. The van der Waals surface area contributed by atoms with Gasteiger partial charge in [-0.25, -0.2) is 4.57 Å². The Labute approximate surface area is 178 Å². The molecule has 0 unspecified atom stereocenters. The van der Waals surface area contributed by atoms with Gasteiger partial charge in [-0.1, -0.05) is 48.5 Å². The summed E-state index contributed by atoms with van der Waals surface area (Å²) in [5, 5.41) is 11.9. The Bertz CT molecular complexity index is 1120. The predicted octanol–water partition coefficient (Wildman–Crippen LogP) is 2.64. The SMILES string of the molecule is CCn1c(-c2ccccc2)c(/N=N/c2sc(OC)c[n+]2C)c2ccccc21.[Br-]. The van der Waals surface area contributed by atoms with Gasteiger partial charge in [-0.05, 0) is 29.4 Å². The van der Waals surface area contributed by atoms with E-state index >= 15 is 0 Å². The first-order valence-corrected chi connectivity index (χ1v) is 9.66. The molecule has 0 spiro atoms. The third-order valence-corrected chi connectivity index (χ3v) is 5.56. The van der Waals surface area contributed by atoms with Gasteiger partial charge in [-0.2, -0.15) is 0 Å². The smallest absolute Gasteiger partial charge is 0.411 e. The zero-order valence-corrected chi connectivity index (χ0v) is 18.4. The Balaban J connectivity index is 0.00000225. The van der Waals surface area contributed by atoms with Crippen LogP contribution < -0.4 is 26.3 Å². The Kier molecular flexibility index (Phi) is 6.26. The number of rotatable bonds is 5. The first-order valence-electron chi connectivity index (χ1n) is 8.84. The first kappa shape index (κ1) is 20.2. The van der Waals surface area contributed by atoms with E-state index in [0.717, 1.165) is 39.1 Å². The highest BCUT2D eigenvalue weighted by Gasteiger charge is 2.20. The third kappa shape index (κ3) is 3.59. The van der Waals surface area contributed by atoms with Crippen LogP contribution in [0.2, 0.25) is 0 Å². The average Bonchev–Trinajstić information content (AvgIpc) is 3.24. The molecule has 0 atom stereocenters. The largest absolute Gasteiger partial charge is 1.00 e. The van der Waals surface area contributed by atoms with Crippen molar-refractivity contribution in [2.24, 2.45) is 17.3 Å². The summed E-state index contributed by atoms with van der Waals surface area (Å²) in [6.45, 7) is 3.02. The molecule has 0 aliphatic heterocycles. The molecule has 0 aliphatic carbocycles. The number of azo groups is 1. The van der Waals surface area contributed by atoms with E-state index in [1.54, 1.807) is 7.11 Å². The van der Waals surface area contributed by atoms with Gasteiger partial charge in [0.05, 0.1) is 30.5 Å². The second-order valence-corrected chi connectivity index (χ2v) is 7.14. The van der Waals surface area contributed by atoms with E-state index in [9.17, 15) is 0 Å². The van der Waals surface area contributed by atoms with Crippen LogP contribution in [0.5, 0.6) is 5.06 Å². The second-order valence-electron chi connectivity index (χ2n) is 6.17. The fraction of sp³-hybridized carbons (Fsp3) is 0.190. The van der Waals surface area contributed by atoms with Crippen molar-refractivity contribution >= 4 is 33.1 Å². The molecule has 0 saturated heterocycles. The van der Waals surface area contributed by atoms with Crippen LogP contribution in [-0.2, 0) is 13.6 Å². The molecule has 0 saturated carbocycles. The molecule has 4 rings (SSSR count). The molecule has 2 aromatic carbocycles. The van der Waals surface area contributed by atoms with Gasteiger partial charge < -0.3 is 26.3 Å². The number of methoxy groups -OCH3 is 1. The zero-order chi connectivity index (χ0) is 18.8. The van der Waals surface area contributed by atoms with Crippen LogP contribution in [0.25, 0.3) is 22.2 Å². The minimum absolute atomic E-state index is 0. The maximum Gasteiger partial charge on any atom is 0.411 e. The van der Waals surface area contributed by atoms with Gasteiger partial charge >= 0.3 is 5.13 Å². The lowest BCUT2D eigenvalue weighted by Gasteiger charge is -2.08. The van der Waals surface area contributed by atoms with Crippen molar-refractivity contribution in [2.75, 3.05) is 7.11 Å². The number of ether oxygens (including phenoxy) is 1. The number of para-hydroxylation sites is 1. The van der Waals surface area contributed by atoms with E-state index in [4.69, 9.17) is 9.85 Å². The molecule has 0 N–H and O–H groups in total. The Morgan fingerprint density at radius 2 is 1.75 bits per heavy atom. The number of fused-ring (bicyclic) bond motifs is 1. The number of hydrogen-bond donors (Lipinski definition) is 0. The molecule has 144 valence electrons. The van der Waals surface area contributed by atoms with Crippen LogP contribution in [0.4, 0.5) is 10.8 Å². The molecular formula is C21H21BrN4OS. The summed E-state index contributed by atoms with van der Waals surface area (Å²) in [5.41, 5.74) is 4.29. The summed E-state index contributed by atoms with van der Waals surface area (Å²) >= 11 is 1.47. The monoisotopic (exact) mass is 456 g/mol. The van der Waals surface area contributed by atoms with Crippen molar-refractivity contribution in [3.05, 3.63) is 60.8 Å². The van der Waals surface area contributed by atoms with E-state index in [2.05, 4.69) is 59.1 Å². The van der Waals surface area contributed by atoms with Gasteiger partial charge in [0.1, 0.15) is 11.9 Å². The second kappa shape index (κ2) is 8.67. The molecule has 28 heavy (non-hydrogen) atoms. The van der Waals surface area contributed by atoms with Crippen molar-refractivity contribution in [3.63, 3.8) is 0 Å². The van der Waals surface area contributed by atoms with Crippen molar-refractivity contribution in [1.29, 1.82) is 0 Å². The maximum absolute atomic E-state index is 5.30. The fourth-order valence-corrected chi connectivity index (χ4v) is 4.04. The summed E-state index contributed by atoms with van der Waals surface area (Å²) in [5.74, 6) is 0. The van der Waals surface area contributed by atoms with Gasteiger partial charge in [0.15, 0.2) is 0 Å². The van der Waals surface area contributed by atoms with E-state index in [1.807, 2.05) is 29.9 Å². The Morgan fingerprint density at radius 3 is 2.43 bits per heavy atom. The lowest BCUT2D eigenvalue weighted by Crippen LogP contribution is -3.00. The molecule has 0 aliphatic rings. The third-order valence-electron chi connectivity index (χ3n) is 4.54. The van der Waals surface area contributed by atoms with Crippen molar-refractivity contribution in [2.45, 2.75) is 13.5 Å². The first-order chi connectivity index (χ1) is 13.2. The number of hydrogen-bond acceptors (Lipinski definition) is 4. The number of halogens is 1. The maximum atomic E-state index is 5.30. The number of nitrogens with zero attached hydrogens (tertiary/aromatic N) is 4. The molecule has 5 nitrogen and oxygen atoms in total. The Hall–Kier alpha value is -2.51. The predicted molar refractivity (Wildman–Crippen MR) is 109 cm³/mol. The quantitative estimate of drug-likeness (QED) is 0.336. The molecular weight excluding hydrogens is 436 g/mol. The summed E-state index contributed by atoms with van der Waals surface area (Å²) < 4.78 is 9.53. The Morgan fingerprint density at radius 1 is 1.04 bits per heavy atom. The molecule has 4 aromatic rings. The standard InChI is InChI=1S/C21H21N4OS.BrH/c1-4-25-17-13-9-8-12-16(17)19(20(25)15-10-6-5-7-11-15)22-23-21-24(2)14-18(26-3)27-21;/h5-14H,4H2,1-3H3;1H/q+1;/p-1. The molecule has 0 radical (unpaired) electrons. The van der Waals surface area contributed by atoms with E-state index in [1.165, 1.54) is 16.9 Å². The van der Waals surface area contributed by atoms with E-state index in [-0.39, 0.29) is 17.0 Å². The molecule has 2 aromatic heterocycles. The van der Waals surface area contributed by atoms with Crippen LogP contribution in [-0.4, -0.2) is 11.7 Å². The summed E-state index contributed by atoms with van der Waals surface area (Å²) in [6, 6.07) is 18.7. The van der Waals surface area contributed by atoms with Crippen LogP contribution in [0.1, 0.15) is 6.92 Å². The summed E-state index contributed by atoms with van der Waals surface area (Å²) in [6.07, 6.45) is 1.91. The zero-order valence-electron chi connectivity index (χ0n) is 16.0. The molecule has 0 fully saturated rings. The van der Waals surface area contributed by atoms with E-state index < -0.39 is 0 Å². The topological polar surface area (TPSA) is 42.8 Å². The summed E-state index contributed by atoms with van der Waals surface area (Å²) in [4.78, 5) is 0. The lowest BCUT2D eigenvalue weighted by atomic mass is 10.1. The van der Waals surface area contributed by atoms with Crippen LogP contribution in [0.15, 0.2) is 71.0 Å². The normalized spacial score (nSPS) is 11.1. The van der Waals surface area contributed by atoms with Crippen LogP contribution in [0, 0.1) is 0 Å². The van der Waals surface area contributed by atoms with Gasteiger partial charge in [-0.15, -0.1) is 0 Å². The van der Waals surface area contributed by atoms with Gasteiger partial charge in [0.25, 0.3) is 0 Å². The number of thiazole rings is 1. The number of aryl methyl sites for hydroxylation is 2. The average molecular weight is 457 g/mol. The van der Waals surface area contributed by atoms with Crippen molar-refractivity contribution < 1.29 is 26.3 Å². The molecule has 0 amide bonds. The summed E-state index contributed by atoms with van der Waals surface area (Å²) in [7, 11) is 3.61. The van der Waals surface area contributed by atoms with E-state index in [0.29, 0.717) is 0 Å². The fourth-order valence-electron chi connectivity index (χ4n) is 3.28.